The van der Waals surface area contributed by atoms with Gasteiger partial charge in [-0.15, -0.1) is 0 Å². The number of likely N-dealkylation sites (N-methyl/N-ethyl adjacent to an activating group) is 2. The number of likely N-dealkylation sites (tertiary alicyclic amines) is 1. The maximum atomic E-state index is 12.6. The third-order valence-corrected chi connectivity index (χ3v) is 5.03. The largest absolute Gasteiger partial charge is 0.463 e. The number of nitrogens with one attached hydrogen (secondary N) is 1. The molecule has 0 spiro atoms. The van der Waals surface area contributed by atoms with Crippen LogP contribution in [0, 0.1) is 5.92 Å². The lowest BCUT2D eigenvalue weighted by atomic mass is 10.00. The molecule has 0 aromatic rings. The molecule has 7 heteroatoms. The molecule has 1 aliphatic rings. The van der Waals surface area contributed by atoms with Crippen molar-refractivity contribution in [3.63, 3.8) is 0 Å². The van der Waals surface area contributed by atoms with Gasteiger partial charge in [0.25, 0.3) is 0 Å². The molecule has 1 unspecified atom stereocenters. The van der Waals surface area contributed by atoms with Crippen LogP contribution < -0.4 is 5.32 Å². The van der Waals surface area contributed by atoms with Gasteiger partial charge in [0.2, 0.25) is 11.8 Å². The van der Waals surface area contributed by atoms with E-state index in [4.69, 9.17) is 4.74 Å². The molecule has 1 aliphatic heterocycles. The topological polar surface area (TPSA) is 79.0 Å². The zero-order valence-electron chi connectivity index (χ0n) is 17.6. The van der Waals surface area contributed by atoms with Crippen LogP contribution in [0.15, 0.2) is 11.6 Å². The lowest BCUT2D eigenvalue weighted by Crippen LogP contribution is -2.51. The first kappa shape index (κ1) is 23.1. The number of ether oxygens (including phenoxy) is 1. The molecular weight excluding hydrogens is 346 g/mol. The van der Waals surface area contributed by atoms with E-state index in [-0.39, 0.29) is 42.3 Å². The number of hydrogen-bond donors (Lipinski definition) is 1. The number of piperidine rings is 1. The molecule has 27 heavy (non-hydrogen) atoms. The number of amides is 2. The Kier molecular flexibility index (Phi) is 9.49. The average molecular weight is 382 g/mol. The maximum absolute atomic E-state index is 12.6. The third kappa shape index (κ3) is 6.97. The molecule has 0 aliphatic carbocycles. The highest BCUT2D eigenvalue weighted by Crippen LogP contribution is 2.16. The van der Waals surface area contributed by atoms with Crippen molar-refractivity contribution >= 4 is 17.8 Å². The summed E-state index contributed by atoms with van der Waals surface area (Å²) >= 11 is 0. The number of hydrogen-bond acceptors (Lipinski definition) is 5. The summed E-state index contributed by atoms with van der Waals surface area (Å²) < 4.78 is 5.01. The smallest absolute Gasteiger partial charge is 0.333 e. The zero-order valence-corrected chi connectivity index (χ0v) is 17.6. The Labute approximate surface area is 163 Å². The Morgan fingerprint density at radius 1 is 1.30 bits per heavy atom. The molecule has 1 saturated heterocycles. The van der Waals surface area contributed by atoms with E-state index >= 15 is 0 Å². The van der Waals surface area contributed by atoms with E-state index < -0.39 is 0 Å². The Bertz CT molecular complexity index is 559. The third-order valence-electron chi connectivity index (χ3n) is 5.03. The lowest BCUT2D eigenvalue weighted by molar-refractivity contribution is -0.138. The summed E-state index contributed by atoms with van der Waals surface area (Å²) in [6, 6.07) is -0.417. The molecule has 2 atom stereocenters. The monoisotopic (exact) mass is 381 g/mol. The minimum Gasteiger partial charge on any atom is -0.463 e. The molecule has 1 N–H and O–H groups in total. The van der Waals surface area contributed by atoms with E-state index in [1.807, 2.05) is 25.8 Å². The van der Waals surface area contributed by atoms with Gasteiger partial charge in [-0.05, 0) is 46.2 Å². The van der Waals surface area contributed by atoms with E-state index in [9.17, 15) is 14.4 Å². The van der Waals surface area contributed by atoms with Crippen molar-refractivity contribution in [3.05, 3.63) is 11.6 Å². The predicted octanol–water partition coefficient (Wildman–Crippen LogP) is 1.58. The molecule has 0 saturated carbocycles. The van der Waals surface area contributed by atoms with Crippen molar-refractivity contribution in [2.45, 2.75) is 59.0 Å². The van der Waals surface area contributed by atoms with Crippen LogP contribution in [-0.4, -0.2) is 73.5 Å². The summed E-state index contributed by atoms with van der Waals surface area (Å²) in [5, 5.41) is 2.77. The molecule has 1 fully saturated rings. The van der Waals surface area contributed by atoms with Gasteiger partial charge < -0.3 is 15.0 Å². The van der Waals surface area contributed by atoms with Crippen LogP contribution in [0.3, 0.4) is 0 Å². The van der Waals surface area contributed by atoms with Crippen molar-refractivity contribution < 1.29 is 19.1 Å². The number of carbonyl (C=O) groups excluding carboxylic acids is 3. The van der Waals surface area contributed by atoms with Gasteiger partial charge in [0.05, 0.1) is 25.2 Å². The number of carbonyl (C=O) groups is 3. The molecule has 0 aromatic heterocycles. The van der Waals surface area contributed by atoms with E-state index in [0.29, 0.717) is 12.2 Å². The van der Waals surface area contributed by atoms with Crippen LogP contribution >= 0.6 is 0 Å². The van der Waals surface area contributed by atoms with Gasteiger partial charge in [0.15, 0.2) is 0 Å². The number of esters is 1. The quantitative estimate of drug-likeness (QED) is 0.510. The highest BCUT2D eigenvalue weighted by Gasteiger charge is 2.27. The fourth-order valence-electron chi connectivity index (χ4n) is 3.30. The molecule has 0 radical (unpaired) electrons. The van der Waals surface area contributed by atoms with Gasteiger partial charge in [0.1, 0.15) is 0 Å². The minimum atomic E-state index is -0.377. The van der Waals surface area contributed by atoms with Gasteiger partial charge >= 0.3 is 5.97 Å². The van der Waals surface area contributed by atoms with Crippen LogP contribution in [0.1, 0.15) is 47.0 Å². The Morgan fingerprint density at radius 3 is 2.52 bits per heavy atom. The SMILES string of the molecule is CCOC(=O)/C(C)=C/C(C(C)C)N(C)C(=O)CNC(=O)[C@@H]1CCCCN1C. The van der Waals surface area contributed by atoms with Crippen molar-refractivity contribution in [2.24, 2.45) is 5.92 Å². The molecule has 0 aromatic carbocycles. The van der Waals surface area contributed by atoms with Gasteiger partial charge in [-0.25, -0.2) is 4.79 Å². The highest BCUT2D eigenvalue weighted by atomic mass is 16.5. The second-order valence-electron chi connectivity index (χ2n) is 7.52. The Morgan fingerprint density at radius 2 is 1.96 bits per heavy atom. The highest BCUT2D eigenvalue weighted by molar-refractivity contribution is 5.89. The summed E-state index contributed by atoms with van der Waals surface area (Å²) in [6.07, 6.45) is 4.72. The molecule has 1 heterocycles. The first-order valence-corrected chi connectivity index (χ1v) is 9.78. The molecule has 2 amide bonds. The van der Waals surface area contributed by atoms with Crippen molar-refractivity contribution in [2.75, 3.05) is 33.8 Å². The van der Waals surface area contributed by atoms with Crippen molar-refractivity contribution in [3.8, 4) is 0 Å². The van der Waals surface area contributed by atoms with E-state index in [1.165, 1.54) is 0 Å². The number of nitrogens with zero attached hydrogens (tertiary/aromatic N) is 2. The Balaban J connectivity index is 2.69. The Hall–Kier alpha value is -1.89. The van der Waals surface area contributed by atoms with E-state index in [0.717, 1.165) is 25.8 Å². The van der Waals surface area contributed by atoms with E-state index in [1.54, 1.807) is 31.9 Å². The van der Waals surface area contributed by atoms with Crippen molar-refractivity contribution in [1.29, 1.82) is 0 Å². The van der Waals surface area contributed by atoms with Gasteiger partial charge in [-0.1, -0.05) is 26.3 Å². The van der Waals surface area contributed by atoms with Crippen LogP contribution in [0.25, 0.3) is 0 Å². The second-order valence-corrected chi connectivity index (χ2v) is 7.52. The first-order chi connectivity index (χ1) is 12.7. The van der Waals surface area contributed by atoms with Gasteiger partial charge in [0, 0.05) is 12.6 Å². The van der Waals surface area contributed by atoms with Crippen LogP contribution in [0.2, 0.25) is 0 Å². The fraction of sp³-hybridized carbons (Fsp3) is 0.750. The molecular formula is C20H35N3O4. The first-order valence-electron chi connectivity index (χ1n) is 9.78. The molecule has 1 rings (SSSR count). The summed E-state index contributed by atoms with van der Waals surface area (Å²) in [5.41, 5.74) is 0.475. The second kappa shape index (κ2) is 11.1. The standard InChI is InChI=1S/C20H35N3O4/c1-7-27-20(26)15(4)12-17(14(2)3)23(6)18(24)13-21-19(25)16-10-8-9-11-22(16)5/h12,14,16-17H,7-11,13H2,1-6H3,(H,21,25)/b15-12+/t16-,17?/m0/s1. The van der Waals surface area contributed by atoms with Crippen molar-refractivity contribution in [1.82, 2.24) is 15.1 Å². The zero-order chi connectivity index (χ0) is 20.6. The minimum absolute atomic E-state index is 0.0464. The molecule has 0 bridgehead atoms. The normalized spacial score (nSPS) is 19.5. The summed E-state index contributed by atoms with van der Waals surface area (Å²) in [7, 11) is 3.63. The predicted molar refractivity (Wildman–Crippen MR) is 105 cm³/mol. The molecule has 7 nitrogen and oxygen atoms in total. The maximum Gasteiger partial charge on any atom is 0.333 e. The number of rotatable bonds is 8. The summed E-state index contributed by atoms with van der Waals surface area (Å²) in [5.74, 6) is -0.548. The van der Waals surface area contributed by atoms with Crippen LogP contribution in [0.4, 0.5) is 0 Å². The average Bonchev–Trinajstić information content (AvgIpc) is 2.63. The van der Waals surface area contributed by atoms with Crippen LogP contribution in [-0.2, 0) is 19.1 Å². The van der Waals surface area contributed by atoms with E-state index in [2.05, 4.69) is 5.32 Å². The summed E-state index contributed by atoms with van der Waals surface area (Å²) in [4.78, 5) is 40.4. The molecule has 154 valence electrons. The summed E-state index contributed by atoms with van der Waals surface area (Å²) in [6.45, 7) is 8.58. The fourth-order valence-corrected chi connectivity index (χ4v) is 3.30. The van der Waals surface area contributed by atoms with Gasteiger partial charge in [-0.2, -0.15) is 0 Å². The van der Waals surface area contributed by atoms with Crippen LogP contribution in [0.5, 0.6) is 0 Å². The lowest BCUT2D eigenvalue weighted by Gasteiger charge is -2.32. The van der Waals surface area contributed by atoms with Gasteiger partial charge in [-0.3, -0.25) is 14.5 Å².